The highest BCUT2D eigenvalue weighted by Gasteiger charge is 2.23. The lowest BCUT2D eigenvalue weighted by molar-refractivity contribution is -0.118. The first-order valence-corrected chi connectivity index (χ1v) is 7.61. The normalized spacial score (nSPS) is 10.6. The Balaban J connectivity index is 3.09. The van der Waals surface area contributed by atoms with E-state index < -0.39 is 27.5 Å². The molecule has 0 aliphatic heterocycles. The van der Waals surface area contributed by atoms with Crippen LogP contribution in [0, 0.1) is 11.3 Å². The molecule has 0 unspecified atom stereocenters. The second-order valence-electron chi connectivity index (χ2n) is 3.64. The third-order valence-corrected chi connectivity index (χ3v) is 4.80. The molecule has 20 heavy (non-hydrogen) atoms. The highest BCUT2D eigenvalue weighted by atomic mass is 79.9. The number of nitrogens with one attached hydrogen (secondary N) is 1. The molecule has 0 aliphatic rings. The van der Waals surface area contributed by atoms with Gasteiger partial charge in [0.2, 0.25) is 5.91 Å². The van der Waals surface area contributed by atoms with Gasteiger partial charge in [-0.05, 0) is 34.1 Å². The highest BCUT2D eigenvalue weighted by molar-refractivity contribution is 9.10. The molecule has 0 spiro atoms. The fourth-order valence-electron chi connectivity index (χ4n) is 1.31. The standard InChI is InChI=1S/C11H9BrN2O5S/c12-8-2-1-7(11(16)17)5-9(8)20(18,19)6-10(15)14-4-3-13/h1-2,5H,4,6H2,(H,14,15)(H,16,17). The Labute approximate surface area is 123 Å². The number of aromatic carboxylic acids is 1. The summed E-state index contributed by atoms with van der Waals surface area (Å²) < 4.78 is 24.2. The lowest BCUT2D eigenvalue weighted by Crippen LogP contribution is -2.30. The fraction of sp³-hybridized carbons (Fsp3) is 0.182. The molecule has 0 fully saturated rings. The van der Waals surface area contributed by atoms with E-state index in [9.17, 15) is 18.0 Å². The lowest BCUT2D eigenvalue weighted by Gasteiger charge is -2.07. The first-order chi connectivity index (χ1) is 9.27. The molecular weight excluding hydrogens is 352 g/mol. The molecule has 0 atom stereocenters. The lowest BCUT2D eigenvalue weighted by atomic mass is 10.2. The molecule has 0 bridgehead atoms. The molecule has 2 N–H and O–H groups in total. The van der Waals surface area contributed by atoms with Gasteiger partial charge >= 0.3 is 5.97 Å². The summed E-state index contributed by atoms with van der Waals surface area (Å²) in [4.78, 5) is 21.9. The van der Waals surface area contributed by atoms with E-state index in [-0.39, 0.29) is 21.5 Å². The van der Waals surface area contributed by atoms with Crippen LogP contribution in [0.1, 0.15) is 10.4 Å². The minimum Gasteiger partial charge on any atom is -0.478 e. The Hall–Kier alpha value is -1.92. The number of amides is 1. The monoisotopic (exact) mass is 360 g/mol. The van der Waals surface area contributed by atoms with Crippen molar-refractivity contribution in [2.75, 3.05) is 12.3 Å². The summed E-state index contributed by atoms with van der Waals surface area (Å²) in [6.07, 6.45) is 0. The quantitative estimate of drug-likeness (QED) is 0.739. The zero-order valence-electron chi connectivity index (χ0n) is 9.96. The molecule has 0 saturated carbocycles. The van der Waals surface area contributed by atoms with Crippen LogP contribution in [0.4, 0.5) is 0 Å². The average molecular weight is 361 g/mol. The maximum Gasteiger partial charge on any atom is 0.335 e. The number of halogens is 1. The van der Waals surface area contributed by atoms with Gasteiger partial charge < -0.3 is 10.4 Å². The smallest absolute Gasteiger partial charge is 0.335 e. The average Bonchev–Trinajstić information content (AvgIpc) is 2.35. The van der Waals surface area contributed by atoms with Crippen LogP contribution in [0.15, 0.2) is 27.6 Å². The van der Waals surface area contributed by atoms with E-state index in [0.717, 1.165) is 6.07 Å². The summed E-state index contributed by atoms with van der Waals surface area (Å²) in [7, 11) is -4.01. The van der Waals surface area contributed by atoms with Crippen molar-refractivity contribution in [3.8, 4) is 6.07 Å². The summed E-state index contributed by atoms with van der Waals surface area (Å²) in [5.41, 5.74) is -0.204. The number of carbonyl (C=O) groups is 2. The topological polar surface area (TPSA) is 124 Å². The summed E-state index contributed by atoms with van der Waals surface area (Å²) in [5, 5.41) is 19.2. The van der Waals surface area contributed by atoms with Gasteiger partial charge in [0.1, 0.15) is 12.3 Å². The van der Waals surface area contributed by atoms with Crippen LogP contribution in [0.2, 0.25) is 0 Å². The number of carboxylic acids is 1. The zero-order valence-corrected chi connectivity index (χ0v) is 12.4. The van der Waals surface area contributed by atoms with E-state index >= 15 is 0 Å². The number of sulfone groups is 1. The number of carbonyl (C=O) groups excluding carboxylic acids is 1. The summed E-state index contributed by atoms with van der Waals surface area (Å²) in [6, 6.07) is 5.14. The third-order valence-electron chi connectivity index (χ3n) is 2.20. The van der Waals surface area contributed by atoms with Gasteiger partial charge in [0.25, 0.3) is 0 Å². The minimum absolute atomic E-state index is 0.163. The molecule has 1 rings (SSSR count). The Kier molecular flexibility index (Phi) is 5.24. The van der Waals surface area contributed by atoms with Crippen molar-refractivity contribution in [2.24, 2.45) is 0 Å². The number of nitrogens with zero attached hydrogens (tertiary/aromatic N) is 1. The molecule has 9 heteroatoms. The van der Waals surface area contributed by atoms with Crippen LogP contribution in [-0.2, 0) is 14.6 Å². The third kappa shape index (κ3) is 4.04. The Morgan fingerprint density at radius 2 is 2.05 bits per heavy atom. The highest BCUT2D eigenvalue weighted by Crippen LogP contribution is 2.24. The van der Waals surface area contributed by atoms with Crippen molar-refractivity contribution in [3.63, 3.8) is 0 Å². The molecule has 0 aromatic heterocycles. The maximum atomic E-state index is 12.0. The minimum atomic E-state index is -4.01. The van der Waals surface area contributed by atoms with Crippen LogP contribution < -0.4 is 5.32 Å². The summed E-state index contributed by atoms with van der Waals surface area (Å²) in [5.74, 6) is -2.97. The molecule has 0 radical (unpaired) electrons. The van der Waals surface area contributed by atoms with Crippen LogP contribution in [0.5, 0.6) is 0 Å². The van der Waals surface area contributed by atoms with E-state index in [0.29, 0.717) is 0 Å². The SMILES string of the molecule is N#CCNC(=O)CS(=O)(=O)c1cc(C(=O)O)ccc1Br. The second-order valence-corrected chi connectivity index (χ2v) is 6.46. The van der Waals surface area contributed by atoms with Crippen molar-refractivity contribution < 1.29 is 23.1 Å². The van der Waals surface area contributed by atoms with Crippen molar-refractivity contribution in [1.29, 1.82) is 5.26 Å². The predicted octanol–water partition coefficient (Wildman–Crippen LogP) is 0.561. The van der Waals surface area contributed by atoms with Crippen molar-refractivity contribution >= 4 is 37.6 Å². The van der Waals surface area contributed by atoms with Gasteiger partial charge in [-0.15, -0.1) is 0 Å². The number of rotatable bonds is 5. The molecule has 1 aromatic rings. The Bertz CT molecular complexity index is 693. The van der Waals surface area contributed by atoms with Gasteiger partial charge in [-0.25, -0.2) is 13.2 Å². The second kappa shape index (κ2) is 6.49. The van der Waals surface area contributed by atoms with Gasteiger partial charge in [0.05, 0.1) is 16.5 Å². The molecule has 7 nitrogen and oxygen atoms in total. The van der Waals surface area contributed by atoms with E-state index in [1.54, 1.807) is 6.07 Å². The fourth-order valence-corrected chi connectivity index (χ4v) is 3.58. The number of hydrogen-bond acceptors (Lipinski definition) is 5. The van der Waals surface area contributed by atoms with Crippen LogP contribution in [-0.4, -0.2) is 37.7 Å². The molecule has 106 valence electrons. The maximum absolute atomic E-state index is 12.0. The largest absolute Gasteiger partial charge is 0.478 e. The Morgan fingerprint density at radius 3 is 2.60 bits per heavy atom. The van der Waals surface area contributed by atoms with Crippen molar-refractivity contribution in [1.82, 2.24) is 5.32 Å². The molecule has 0 heterocycles. The molecule has 1 aromatic carbocycles. The van der Waals surface area contributed by atoms with Crippen molar-refractivity contribution in [2.45, 2.75) is 4.90 Å². The number of hydrogen-bond donors (Lipinski definition) is 2. The molecule has 0 aliphatic carbocycles. The number of benzene rings is 1. The molecule has 0 saturated heterocycles. The van der Waals surface area contributed by atoms with Gasteiger partial charge in [-0.1, -0.05) is 0 Å². The van der Waals surface area contributed by atoms with Crippen molar-refractivity contribution in [3.05, 3.63) is 28.2 Å². The van der Waals surface area contributed by atoms with Crippen LogP contribution in [0.25, 0.3) is 0 Å². The summed E-state index contributed by atoms with van der Waals surface area (Å²) in [6.45, 7) is -0.301. The van der Waals surface area contributed by atoms with E-state index in [4.69, 9.17) is 10.4 Å². The van der Waals surface area contributed by atoms with E-state index in [1.807, 2.05) is 0 Å². The predicted molar refractivity (Wildman–Crippen MR) is 71.8 cm³/mol. The van der Waals surface area contributed by atoms with Gasteiger partial charge in [0.15, 0.2) is 9.84 Å². The first-order valence-electron chi connectivity index (χ1n) is 5.17. The Morgan fingerprint density at radius 1 is 1.40 bits per heavy atom. The van der Waals surface area contributed by atoms with E-state index in [1.165, 1.54) is 12.1 Å². The van der Waals surface area contributed by atoms with Gasteiger partial charge in [-0.2, -0.15) is 5.26 Å². The molecule has 1 amide bonds. The van der Waals surface area contributed by atoms with Gasteiger partial charge in [0, 0.05) is 4.47 Å². The van der Waals surface area contributed by atoms with Crippen LogP contribution >= 0.6 is 15.9 Å². The van der Waals surface area contributed by atoms with Crippen LogP contribution in [0.3, 0.4) is 0 Å². The van der Waals surface area contributed by atoms with E-state index in [2.05, 4.69) is 21.2 Å². The number of carboxylic acid groups (broad SMARTS) is 1. The molecular formula is C11H9BrN2O5S. The van der Waals surface area contributed by atoms with Gasteiger partial charge in [-0.3, -0.25) is 4.79 Å². The summed E-state index contributed by atoms with van der Waals surface area (Å²) >= 11 is 3.00. The first kappa shape index (κ1) is 16.1. The number of nitriles is 1. The zero-order chi connectivity index (χ0) is 15.3.